The molecule has 3 rings (SSSR count). The molecule has 1 heterocycles. The van der Waals surface area contributed by atoms with Gasteiger partial charge in [0.15, 0.2) is 0 Å². The molecule has 0 radical (unpaired) electrons. The fraction of sp³-hybridized carbons (Fsp3) is 0.294. The molecule has 1 aliphatic rings. The molecule has 3 nitrogen and oxygen atoms in total. The van der Waals surface area contributed by atoms with Gasteiger partial charge in [-0.05, 0) is 23.1 Å². The molecule has 0 fully saturated rings. The Morgan fingerprint density at radius 2 is 1.43 bits per heavy atom. The fourth-order valence-corrected chi connectivity index (χ4v) is 2.79. The summed E-state index contributed by atoms with van der Waals surface area (Å²) in [5.41, 5.74) is 3.98. The minimum absolute atomic E-state index is 0.233. The van der Waals surface area contributed by atoms with Crippen LogP contribution < -0.4 is 5.32 Å². The Morgan fingerprint density at radius 1 is 0.905 bits per heavy atom. The number of fused-ring (bicyclic) bond motifs is 1. The van der Waals surface area contributed by atoms with Gasteiger partial charge in [-0.1, -0.05) is 54.6 Å². The molecular weight excluding hydrogens is 282 g/mol. The van der Waals surface area contributed by atoms with Crippen LogP contribution in [0.3, 0.4) is 0 Å². The average molecular weight is 303 g/mol. The van der Waals surface area contributed by atoms with Crippen LogP contribution in [0.25, 0.3) is 0 Å². The quantitative estimate of drug-likeness (QED) is 0.948. The van der Waals surface area contributed by atoms with Crippen LogP contribution in [0.5, 0.6) is 0 Å². The lowest BCUT2D eigenvalue weighted by Gasteiger charge is -1.98. The first-order chi connectivity index (χ1) is 10.0. The molecule has 0 amide bonds. The first-order valence-electron chi connectivity index (χ1n) is 7.04. The monoisotopic (exact) mass is 303 g/mol. The van der Waals surface area contributed by atoms with E-state index in [9.17, 15) is 8.42 Å². The van der Waals surface area contributed by atoms with Crippen LogP contribution in [0.2, 0.25) is 0 Å². The maximum Gasteiger partial charge on any atom is 0.147 e. The highest BCUT2D eigenvalue weighted by Gasteiger charge is 2.06. The molecule has 4 heteroatoms. The Labute approximate surface area is 126 Å². The summed E-state index contributed by atoms with van der Waals surface area (Å²) in [5, 5.41) is 3.29. The summed E-state index contributed by atoms with van der Waals surface area (Å²) in [5.74, 6) is 0.233. The zero-order valence-electron chi connectivity index (χ0n) is 12.2. The lowest BCUT2D eigenvalue weighted by Crippen LogP contribution is -2.05. The Bertz CT molecular complexity index is 643. The van der Waals surface area contributed by atoms with Crippen LogP contribution >= 0.6 is 0 Å². The van der Waals surface area contributed by atoms with Crippen molar-refractivity contribution in [2.75, 3.05) is 12.0 Å². The van der Waals surface area contributed by atoms with E-state index in [4.69, 9.17) is 0 Å². The van der Waals surface area contributed by atoms with E-state index in [0.29, 0.717) is 6.42 Å². The van der Waals surface area contributed by atoms with Gasteiger partial charge in [0.2, 0.25) is 0 Å². The zero-order valence-corrected chi connectivity index (χ0v) is 13.1. The molecule has 0 atom stereocenters. The van der Waals surface area contributed by atoms with E-state index in [0.717, 1.165) is 18.7 Å². The van der Waals surface area contributed by atoms with Crippen LogP contribution in [0.4, 0.5) is 0 Å². The maximum absolute atomic E-state index is 10.8. The van der Waals surface area contributed by atoms with Gasteiger partial charge in [0, 0.05) is 19.3 Å². The Balaban J connectivity index is 0.000000159. The van der Waals surface area contributed by atoms with Crippen molar-refractivity contribution >= 4 is 9.84 Å². The molecule has 0 saturated carbocycles. The topological polar surface area (TPSA) is 46.2 Å². The third-order valence-corrected chi connectivity index (χ3v) is 4.30. The van der Waals surface area contributed by atoms with Gasteiger partial charge in [-0.25, -0.2) is 8.42 Å². The van der Waals surface area contributed by atoms with Crippen LogP contribution in [-0.2, 0) is 29.3 Å². The molecule has 2 aromatic rings. The Hall–Kier alpha value is -1.65. The molecule has 0 saturated heterocycles. The van der Waals surface area contributed by atoms with Crippen molar-refractivity contribution < 1.29 is 8.42 Å². The van der Waals surface area contributed by atoms with Gasteiger partial charge in [-0.3, -0.25) is 0 Å². The Morgan fingerprint density at radius 3 is 1.95 bits per heavy atom. The number of rotatable bonds is 3. The van der Waals surface area contributed by atoms with Gasteiger partial charge in [0.05, 0.1) is 5.75 Å². The summed E-state index contributed by atoms with van der Waals surface area (Å²) in [4.78, 5) is 0. The number of hydrogen-bond donors (Lipinski definition) is 1. The molecule has 21 heavy (non-hydrogen) atoms. The lowest BCUT2D eigenvalue weighted by molar-refractivity contribution is 0.601. The first kappa shape index (κ1) is 15.7. The molecule has 0 spiro atoms. The zero-order chi connectivity index (χ0) is 15.1. The van der Waals surface area contributed by atoms with Crippen LogP contribution in [0, 0.1) is 0 Å². The molecule has 112 valence electrons. The molecule has 0 bridgehead atoms. The summed E-state index contributed by atoms with van der Waals surface area (Å²) in [7, 11) is -2.82. The number of hydrogen-bond acceptors (Lipinski definition) is 3. The highest BCUT2D eigenvalue weighted by molar-refractivity contribution is 7.90. The van der Waals surface area contributed by atoms with E-state index in [2.05, 4.69) is 29.6 Å². The second-order valence-electron chi connectivity index (χ2n) is 5.24. The maximum atomic E-state index is 10.8. The third kappa shape index (κ3) is 5.69. The van der Waals surface area contributed by atoms with Gasteiger partial charge < -0.3 is 5.32 Å². The molecular formula is C17H21NO2S. The SMILES string of the molecule is CS(=O)(=O)CCc1ccccc1.c1ccc2c(c1)CNC2. The molecule has 0 unspecified atom stereocenters. The summed E-state index contributed by atoms with van der Waals surface area (Å²) >= 11 is 0. The smallest absolute Gasteiger partial charge is 0.147 e. The third-order valence-electron chi connectivity index (χ3n) is 3.35. The highest BCUT2D eigenvalue weighted by atomic mass is 32.2. The number of sulfone groups is 1. The van der Waals surface area contributed by atoms with Gasteiger partial charge in [-0.15, -0.1) is 0 Å². The predicted octanol–water partition coefficient (Wildman–Crippen LogP) is 2.56. The van der Waals surface area contributed by atoms with E-state index < -0.39 is 9.84 Å². The van der Waals surface area contributed by atoms with Crippen molar-refractivity contribution in [3.63, 3.8) is 0 Å². The van der Waals surface area contributed by atoms with Crippen molar-refractivity contribution in [1.82, 2.24) is 5.32 Å². The number of benzene rings is 2. The van der Waals surface area contributed by atoms with Crippen LogP contribution in [-0.4, -0.2) is 20.4 Å². The van der Waals surface area contributed by atoms with E-state index in [1.165, 1.54) is 17.4 Å². The molecule has 0 aromatic heterocycles. The van der Waals surface area contributed by atoms with Gasteiger partial charge in [0.1, 0.15) is 9.84 Å². The summed E-state index contributed by atoms with van der Waals surface area (Å²) < 4.78 is 21.6. The molecule has 1 aliphatic heterocycles. The standard InChI is InChI=1S/C9H12O2S.C8H9N/c1-12(10,11)8-7-9-5-3-2-4-6-9;1-2-4-8-6-9-5-7(8)3-1/h2-6H,7-8H2,1H3;1-4,9H,5-6H2. The predicted molar refractivity (Wildman–Crippen MR) is 86.8 cm³/mol. The number of aryl methyl sites for hydroxylation is 1. The molecule has 2 aromatic carbocycles. The molecule has 1 N–H and O–H groups in total. The second-order valence-corrected chi connectivity index (χ2v) is 7.50. The minimum Gasteiger partial charge on any atom is -0.309 e. The fourth-order valence-electron chi connectivity index (χ4n) is 2.18. The van der Waals surface area contributed by atoms with Crippen molar-refractivity contribution in [3.8, 4) is 0 Å². The Kier molecular flexibility index (Phi) is 5.53. The van der Waals surface area contributed by atoms with Crippen molar-refractivity contribution in [1.29, 1.82) is 0 Å². The van der Waals surface area contributed by atoms with Gasteiger partial charge in [0.25, 0.3) is 0 Å². The highest BCUT2D eigenvalue weighted by Crippen LogP contribution is 2.12. The summed E-state index contributed by atoms with van der Waals surface area (Å²) in [6.07, 6.45) is 1.87. The van der Waals surface area contributed by atoms with Crippen LogP contribution in [0.15, 0.2) is 54.6 Å². The van der Waals surface area contributed by atoms with E-state index in [1.54, 1.807) is 0 Å². The van der Waals surface area contributed by atoms with Crippen LogP contribution in [0.1, 0.15) is 16.7 Å². The first-order valence-corrected chi connectivity index (χ1v) is 9.10. The number of nitrogens with one attached hydrogen (secondary N) is 1. The minimum atomic E-state index is -2.82. The van der Waals surface area contributed by atoms with Gasteiger partial charge >= 0.3 is 0 Å². The lowest BCUT2D eigenvalue weighted by atomic mass is 10.1. The largest absolute Gasteiger partial charge is 0.309 e. The molecule has 0 aliphatic carbocycles. The van der Waals surface area contributed by atoms with Crippen molar-refractivity contribution in [2.45, 2.75) is 19.5 Å². The van der Waals surface area contributed by atoms with E-state index in [-0.39, 0.29) is 5.75 Å². The van der Waals surface area contributed by atoms with E-state index in [1.807, 2.05) is 30.3 Å². The summed E-state index contributed by atoms with van der Waals surface area (Å²) in [6, 6.07) is 18.2. The van der Waals surface area contributed by atoms with Crippen molar-refractivity contribution in [2.24, 2.45) is 0 Å². The van der Waals surface area contributed by atoms with Gasteiger partial charge in [-0.2, -0.15) is 0 Å². The summed E-state index contributed by atoms with van der Waals surface area (Å²) in [6.45, 7) is 2.10. The van der Waals surface area contributed by atoms with E-state index >= 15 is 0 Å². The normalized spacial score (nSPS) is 13.2. The second kappa shape index (κ2) is 7.38. The van der Waals surface area contributed by atoms with Crippen molar-refractivity contribution in [3.05, 3.63) is 71.3 Å². The average Bonchev–Trinajstić information content (AvgIpc) is 2.95.